The minimum Gasteiger partial charge on any atom is -0.465 e. The lowest BCUT2D eigenvalue weighted by Crippen LogP contribution is -2.17. The maximum absolute atomic E-state index is 13.2. The molecule has 0 bridgehead atoms. The number of benzene rings is 3. The quantitative estimate of drug-likeness (QED) is 0.225. The van der Waals surface area contributed by atoms with E-state index in [9.17, 15) is 31.1 Å². The Labute approximate surface area is 182 Å². The van der Waals surface area contributed by atoms with Crippen molar-refractivity contribution in [2.45, 2.75) is 22.1 Å². The summed E-state index contributed by atoms with van der Waals surface area (Å²) in [6.45, 7) is 0. The minimum absolute atomic E-state index is 0.156. The van der Waals surface area contributed by atoms with Crippen LogP contribution in [0.25, 0.3) is 0 Å². The number of esters is 1. The fourth-order valence-corrected chi connectivity index (χ4v) is 4.44. The largest absolute Gasteiger partial charge is 0.465 e. The average molecular weight is 469 g/mol. The fraction of sp³-hybridized carbons (Fsp3) is 0.136. The number of nitrogens with zero attached hydrogens (tertiary/aromatic N) is 1. The molecule has 0 atom stereocenters. The lowest BCUT2D eigenvalue weighted by Gasteiger charge is -2.33. The zero-order valence-electron chi connectivity index (χ0n) is 16.2. The Morgan fingerprint density at radius 1 is 0.781 bits per heavy atom. The van der Waals surface area contributed by atoms with Crippen molar-refractivity contribution in [2.24, 2.45) is 0 Å². The summed E-state index contributed by atoms with van der Waals surface area (Å²) in [4.78, 5) is 13.6. The lowest BCUT2D eigenvalue weighted by molar-refractivity contribution is -0.138. The number of rotatable bonds is 2. The van der Waals surface area contributed by atoms with Crippen LogP contribution in [0.15, 0.2) is 70.5 Å². The van der Waals surface area contributed by atoms with Crippen LogP contribution in [0.1, 0.15) is 21.5 Å². The predicted molar refractivity (Wildman–Crippen MR) is 107 cm³/mol. The second-order valence-electron chi connectivity index (χ2n) is 6.84. The highest BCUT2D eigenvalue weighted by Gasteiger charge is 2.35. The number of fused-ring (bicyclic) bond motifs is 2. The van der Waals surface area contributed by atoms with Gasteiger partial charge in [0.15, 0.2) is 0 Å². The van der Waals surface area contributed by atoms with Gasteiger partial charge in [0, 0.05) is 15.5 Å². The first-order chi connectivity index (χ1) is 15.0. The van der Waals surface area contributed by atoms with Gasteiger partial charge >= 0.3 is 18.3 Å². The Hall–Kier alpha value is -3.14. The summed E-state index contributed by atoms with van der Waals surface area (Å²) in [5, 5.41) is 0. The van der Waals surface area contributed by atoms with Gasteiger partial charge < -0.3 is 9.64 Å². The number of methoxy groups -OCH3 is 1. The number of hydrogen-bond acceptors (Lipinski definition) is 4. The van der Waals surface area contributed by atoms with E-state index >= 15 is 0 Å². The first kappa shape index (κ1) is 22.1. The summed E-state index contributed by atoms with van der Waals surface area (Å²) in [5.74, 6) is -0.573. The summed E-state index contributed by atoms with van der Waals surface area (Å²) in [7, 11) is 1.22. The zero-order valence-corrected chi connectivity index (χ0v) is 17.0. The molecule has 0 N–H and O–H groups in total. The van der Waals surface area contributed by atoms with Crippen LogP contribution in [-0.4, -0.2) is 13.1 Å². The first-order valence-electron chi connectivity index (χ1n) is 9.08. The van der Waals surface area contributed by atoms with Crippen molar-refractivity contribution >= 4 is 34.8 Å². The van der Waals surface area contributed by atoms with Crippen molar-refractivity contribution in [1.29, 1.82) is 0 Å². The molecule has 0 amide bonds. The van der Waals surface area contributed by atoms with Crippen molar-refractivity contribution in [1.82, 2.24) is 0 Å². The average Bonchev–Trinajstić information content (AvgIpc) is 2.75. The first-order valence-corrected chi connectivity index (χ1v) is 9.89. The molecular weight excluding hydrogens is 456 g/mol. The third kappa shape index (κ3) is 4.02. The van der Waals surface area contributed by atoms with Crippen LogP contribution in [0.4, 0.5) is 43.4 Å². The molecule has 0 aliphatic carbocycles. The number of carbonyl (C=O) groups excluding carboxylic acids is 1. The SMILES string of the molecule is COC(=O)c1ccc(N2c3ccc(C(F)(F)F)cc3Sc3cc(C(F)(F)F)ccc32)cc1. The second-order valence-corrected chi connectivity index (χ2v) is 7.92. The molecular formula is C22H13F6NO2S. The van der Waals surface area contributed by atoms with Gasteiger partial charge in [-0.1, -0.05) is 11.8 Å². The number of halogens is 6. The maximum atomic E-state index is 13.2. The Bertz CT molecular complexity index is 1130. The number of carbonyl (C=O) groups is 1. The summed E-state index contributed by atoms with van der Waals surface area (Å²) in [5.41, 5.74) is -0.342. The third-order valence-electron chi connectivity index (χ3n) is 4.82. The summed E-state index contributed by atoms with van der Waals surface area (Å²) >= 11 is 0.837. The van der Waals surface area contributed by atoms with Gasteiger partial charge in [-0.15, -0.1) is 0 Å². The van der Waals surface area contributed by atoms with E-state index in [0.717, 1.165) is 36.0 Å². The van der Waals surface area contributed by atoms with Crippen molar-refractivity contribution < 1.29 is 35.9 Å². The number of hydrogen-bond donors (Lipinski definition) is 0. The molecule has 0 spiro atoms. The molecule has 0 fully saturated rings. The smallest absolute Gasteiger partial charge is 0.416 e. The monoisotopic (exact) mass is 469 g/mol. The Kier molecular flexibility index (Phi) is 5.36. The molecule has 0 aromatic heterocycles. The molecule has 4 rings (SSSR count). The zero-order chi connectivity index (χ0) is 23.3. The lowest BCUT2D eigenvalue weighted by atomic mass is 10.1. The molecule has 1 aliphatic heterocycles. The molecule has 166 valence electrons. The van der Waals surface area contributed by atoms with Gasteiger partial charge in [-0.3, -0.25) is 0 Å². The minimum atomic E-state index is -4.60. The molecule has 0 saturated carbocycles. The van der Waals surface area contributed by atoms with E-state index in [1.165, 1.54) is 31.4 Å². The Morgan fingerprint density at radius 3 is 1.66 bits per heavy atom. The molecule has 3 aromatic carbocycles. The van der Waals surface area contributed by atoms with Gasteiger partial charge in [-0.05, 0) is 60.7 Å². The highest BCUT2D eigenvalue weighted by molar-refractivity contribution is 7.99. The number of alkyl halides is 6. The molecule has 1 aliphatic rings. The van der Waals surface area contributed by atoms with E-state index < -0.39 is 29.4 Å². The predicted octanol–water partition coefficient (Wildman–Crippen LogP) is 7.45. The van der Waals surface area contributed by atoms with Crippen LogP contribution < -0.4 is 4.90 Å². The van der Waals surface area contributed by atoms with Gasteiger partial charge in [-0.25, -0.2) is 4.79 Å². The van der Waals surface area contributed by atoms with Crippen LogP contribution >= 0.6 is 11.8 Å². The number of ether oxygens (including phenoxy) is 1. The topological polar surface area (TPSA) is 29.5 Å². The van der Waals surface area contributed by atoms with E-state index in [1.807, 2.05) is 0 Å². The highest BCUT2D eigenvalue weighted by atomic mass is 32.2. The van der Waals surface area contributed by atoms with Gasteiger partial charge in [0.05, 0.1) is 35.2 Å². The van der Waals surface area contributed by atoms with Crippen molar-refractivity contribution in [3.63, 3.8) is 0 Å². The Balaban J connectivity index is 1.88. The molecule has 3 aromatic rings. The van der Waals surface area contributed by atoms with Crippen LogP contribution in [0, 0.1) is 0 Å². The van der Waals surface area contributed by atoms with Crippen LogP contribution in [0.2, 0.25) is 0 Å². The second kappa shape index (κ2) is 7.77. The van der Waals surface area contributed by atoms with Gasteiger partial charge in [0.25, 0.3) is 0 Å². The fourth-order valence-electron chi connectivity index (χ4n) is 3.30. The van der Waals surface area contributed by atoms with E-state index in [2.05, 4.69) is 4.74 Å². The third-order valence-corrected chi connectivity index (χ3v) is 5.92. The molecule has 3 nitrogen and oxygen atoms in total. The Morgan fingerprint density at radius 2 is 1.25 bits per heavy atom. The van der Waals surface area contributed by atoms with Gasteiger partial charge in [0.2, 0.25) is 0 Å². The van der Waals surface area contributed by atoms with Gasteiger partial charge in [-0.2, -0.15) is 26.3 Å². The van der Waals surface area contributed by atoms with E-state index in [4.69, 9.17) is 0 Å². The van der Waals surface area contributed by atoms with Crippen LogP contribution in [-0.2, 0) is 17.1 Å². The number of anilines is 3. The van der Waals surface area contributed by atoms with Gasteiger partial charge in [0.1, 0.15) is 0 Å². The molecule has 0 saturated heterocycles. The molecule has 1 heterocycles. The van der Waals surface area contributed by atoms with Crippen LogP contribution in [0.5, 0.6) is 0 Å². The normalized spacial score (nSPS) is 13.4. The molecule has 32 heavy (non-hydrogen) atoms. The van der Waals surface area contributed by atoms with Crippen LogP contribution in [0.3, 0.4) is 0 Å². The summed E-state index contributed by atoms with van der Waals surface area (Å²) < 4.78 is 84.1. The highest BCUT2D eigenvalue weighted by Crippen LogP contribution is 2.53. The molecule has 0 radical (unpaired) electrons. The van der Waals surface area contributed by atoms with Crippen molar-refractivity contribution in [2.75, 3.05) is 12.0 Å². The summed E-state index contributed by atoms with van der Waals surface area (Å²) in [6.07, 6.45) is -9.20. The van der Waals surface area contributed by atoms with E-state index in [1.54, 1.807) is 17.0 Å². The standard InChI is InChI=1S/C22H13F6NO2S/c1-31-20(30)12-2-6-15(7-3-12)29-16-8-4-13(21(23,24)25)10-18(16)32-19-11-14(22(26,27)28)5-9-17(19)29/h2-11H,1H3. The summed E-state index contributed by atoms with van der Waals surface area (Å²) in [6, 6.07) is 12.3. The van der Waals surface area contributed by atoms with E-state index in [-0.39, 0.29) is 15.4 Å². The van der Waals surface area contributed by atoms with Crippen molar-refractivity contribution in [3.8, 4) is 0 Å². The van der Waals surface area contributed by atoms with E-state index in [0.29, 0.717) is 17.1 Å². The van der Waals surface area contributed by atoms with Crippen molar-refractivity contribution in [3.05, 3.63) is 77.4 Å². The molecule has 0 unspecified atom stereocenters. The molecule has 10 heteroatoms. The maximum Gasteiger partial charge on any atom is 0.416 e.